The van der Waals surface area contributed by atoms with E-state index in [1.807, 2.05) is 0 Å². The highest BCUT2D eigenvalue weighted by molar-refractivity contribution is 8.13. The van der Waals surface area contributed by atoms with Crippen LogP contribution in [0.25, 0.3) is 0 Å². The van der Waals surface area contributed by atoms with Gasteiger partial charge in [0.1, 0.15) is 11.6 Å². The van der Waals surface area contributed by atoms with Gasteiger partial charge in [0.2, 0.25) is 9.05 Å². The van der Waals surface area contributed by atoms with Crippen molar-refractivity contribution >= 4 is 31.3 Å². The molecule has 0 bridgehead atoms. The fourth-order valence-electron chi connectivity index (χ4n) is 0.874. The summed E-state index contributed by atoms with van der Waals surface area (Å²) in [6.45, 7) is 0. The number of phenolic OH excluding ortho intramolecular Hbond substituents is 1. The number of hydrogen-bond acceptors (Lipinski definition) is 3. The Morgan fingerprint density at radius 1 is 1.43 bits per heavy atom. The summed E-state index contributed by atoms with van der Waals surface area (Å²) in [5, 5.41) is 8.85. The van der Waals surface area contributed by atoms with Gasteiger partial charge in [0.25, 0.3) is 0 Å². The van der Waals surface area contributed by atoms with Gasteiger partial charge in [-0.15, -0.1) is 0 Å². The van der Waals surface area contributed by atoms with Crippen LogP contribution in [0.3, 0.4) is 0 Å². The van der Waals surface area contributed by atoms with E-state index in [2.05, 4.69) is 0 Å². The Morgan fingerprint density at radius 3 is 2.50 bits per heavy atom. The number of rotatable bonds is 2. The molecule has 1 aromatic rings. The largest absolute Gasteiger partial charge is 0.506 e. The lowest BCUT2D eigenvalue weighted by Crippen LogP contribution is -1.98. The van der Waals surface area contributed by atoms with Gasteiger partial charge in [-0.1, -0.05) is 11.6 Å². The number of hydrogen-bond donors (Lipinski definition) is 1. The van der Waals surface area contributed by atoms with Crippen molar-refractivity contribution in [3.05, 3.63) is 28.5 Å². The van der Waals surface area contributed by atoms with E-state index < -0.39 is 26.4 Å². The zero-order valence-corrected chi connectivity index (χ0v) is 9.00. The highest BCUT2D eigenvalue weighted by atomic mass is 35.7. The predicted molar refractivity (Wildman–Crippen MR) is 51.6 cm³/mol. The topological polar surface area (TPSA) is 54.4 Å². The van der Waals surface area contributed by atoms with Crippen molar-refractivity contribution in [2.45, 2.75) is 5.75 Å². The van der Waals surface area contributed by atoms with Crippen LogP contribution in [-0.2, 0) is 14.8 Å². The molecule has 1 N–H and O–H groups in total. The first kappa shape index (κ1) is 11.6. The second-order valence-electron chi connectivity index (χ2n) is 2.58. The van der Waals surface area contributed by atoms with Gasteiger partial charge >= 0.3 is 0 Å². The third kappa shape index (κ3) is 3.01. The molecule has 0 amide bonds. The van der Waals surface area contributed by atoms with E-state index in [1.165, 1.54) is 0 Å². The molecule has 0 aliphatic heterocycles. The molecule has 0 saturated heterocycles. The Morgan fingerprint density at radius 2 is 2.00 bits per heavy atom. The van der Waals surface area contributed by atoms with Gasteiger partial charge in [-0.05, 0) is 6.07 Å². The summed E-state index contributed by atoms with van der Waals surface area (Å²) in [4.78, 5) is 0. The maximum Gasteiger partial charge on any atom is 0.236 e. The van der Waals surface area contributed by atoms with Crippen molar-refractivity contribution in [3.63, 3.8) is 0 Å². The molecule has 0 unspecified atom stereocenters. The van der Waals surface area contributed by atoms with Crippen molar-refractivity contribution in [2.75, 3.05) is 0 Å². The minimum atomic E-state index is -3.84. The first-order valence-electron chi connectivity index (χ1n) is 3.39. The zero-order chi connectivity index (χ0) is 10.9. The van der Waals surface area contributed by atoms with E-state index in [0.29, 0.717) is 0 Å². The summed E-state index contributed by atoms with van der Waals surface area (Å²) >= 11 is 5.46. The maximum atomic E-state index is 13.0. The average Bonchev–Trinajstić information content (AvgIpc) is 1.97. The molecule has 1 rings (SSSR count). The van der Waals surface area contributed by atoms with Crippen LogP contribution in [0.5, 0.6) is 5.75 Å². The van der Waals surface area contributed by atoms with Crippen LogP contribution in [0.1, 0.15) is 5.56 Å². The molecule has 0 aromatic heterocycles. The Bertz CT molecular complexity index is 458. The second kappa shape index (κ2) is 3.92. The first-order valence-corrected chi connectivity index (χ1v) is 6.24. The molecule has 78 valence electrons. The van der Waals surface area contributed by atoms with E-state index in [9.17, 15) is 12.8 Å². The third-order valence-electron chi connectivity index (χ3n) is 1.44. The van der Waals surface area contributed by atoms with E-state index in [1.54, 1.807) is 0 Å². The summed E-state index contributed by atoms with van der Waals surface area (Å²) < 4.78 is 34.3. The lowest BCUT2D eigenvalue weighted by molar-refractivity contribution is 0.468. The smallest absolute Gasteiger partial charge is 0.236 e. The van der Waals surface area contributed by atoms with Crippen molar-refractivity contribution in [1.29, 1.82) is 0 Å². The van der Waals surface area contributed by atoms with Gasteiger partial charge in [0, 0.05) is 22.3 Å². The Kier molecular flexibility index (Phi) is 3.24. The highest BCUT2D eigenvalue weighted by Crippen LogP contribution is 2.27. The van der Waals surface area contributed by atoms with Gasteiger partial charge in [-0.2, -0.15) is 0 Å². The lowest BCUT2D eigenvalue weighted by atomic mass is 10.2. The molecular weight excluding hydrogens is 254 g/mol. The monoisotopic (exact) mass is 258 g/mol. The third-order valence-corrected chi connectivity index (χ3v) is 2.73. The number of phenols is 1. The number of halogens is 3. The Hall–Kier alpha value is -0.520. The van der Waals surface area contributed by atoms with E-state index >= 15 is 0 Å². The van der Waals surface area contributed by atoms with Gasteiger partial charge in [-0.25, -0.2) is 12.8 Å². The summed E-state index contributed by atoms with van der Waals surface area (Å²) in [5.74, 6) is -1.98. The first-order chi connectivity index (χ1) is 6.29. The molecule has 0 atom stereocenters. The molecule has 0 aliphatic carbocycles. The molecule has 0 aliphatic rings. The average molecular weight is 259 g/mol. The SMILES string of the molecule is O=S(=O)(Cl)Cc1cc(Cl)c(O)cc1F. The van der Waals surface area contributed by atoms with Gasteiger partial charge < -0.3 is 5.11 Å². The van der Waals surface area contributed by atoms with Crippen LogP contribution in [0.4, 0.5) is 4.39 Å². The summed E-state index contributed by atoms with van der Waals surface area (Å²) in [6.07, 6.45) is 0. The lowest BCUT2D eigenvalue weighted by Gasteiger charge is -2.02. The standard InChI is InChI=1S/C7H5Cl2FO3S/c8-5-1-4(3-14(9,12)13)6(10)2-7(5)11/h1-2,11H,3H2. The fraction of sp³-hybridized carbons (Fsp3) is 0.143. The van der Waals surface area contributed by atoms with Crippen molar-refractivity contribution in [1.82, 2.24) is 0 Å². The maximum absolute atomic E-state index is 13.0. The molecule has 0 heterocycles. The second-order valence-corrected chi connectivity index (χ2v) is 5.76. The zero-order valence-electron chi connectivity index (χ0n) is 6.67. The highest BCUT2D eigenvalue weighted by Gasteiger charge is 2.14. The fourth-order valence-corrected chi connectivity index (χ4v) is 2.01. The van der Waals surface area contributed by atoms with Crippen LogP contribution >= 0.6 is 22.3 Å². The minimum absolute atomic E-state index is 0.123. The minimum Gasteiger partial charge on any atom is -0.506 e. The molecule has 14 heavy (non-hydrogen) atoms. The van der Waals surface area contributed by atoms with Crippen molar-refractivity contribution in [3.8, 4) is 5.75 Å². The molecule has 0 saturated carbocycles. The Labute approximate surface area is 89.5 Å². The molecule has 0 spiro atoms. The Balaban J connectivity index is 3.17. The van der Waals surface area contributed by atoms with E-state index in [0.717, 1.165) is 12.1 Å². The van der Waals surface area contributed by atoms with E-state index in [4.69, 9.17) is 27.4 Å². The number of aromatic hydroxyl groups is 1. The van der Waals surface area contributed by atoms with Gasteiger partial charge in [0.05, 0.1) is 10.8 Å². The predicted octanol–water partition coefficient (Wildman–Crippen LogP) is 2.25. The quantitative estimate of drug-likeness (QED) is 0.829. The molecule has 3 nitrogen and oxygen atoms in total. The van der Waals surface area contributed by atoms with Crippen LogP contribution in [0.15, 0.2) is 12.1 Å². The molecule has 0 fully saturated rings. The normalized spacial score (nSPS) is 11.6. The number of benzene rings is 1. The van der Waals surface area contributed by atoms with Crippen LogP contribution in [0.2, 0.25) is 5.02 Å². The van der Waals surface area contributed by atoms with Crippen molar-refractivity contribution < 1.29 is 17.9 Å². The van der Waals surface area contributed by atoms with Crippen LogP contribution < -0.4 is 0 Å². The van der Waals surface area contributed by atoms with Crippen molar-refractivity contribution in [2.24, 2.45) is 0 Å². The van der Waals surface area contributed by atoms with Gasteiger partial charge in [0.15, 0.2) is 0 Å². The summed E-state index contributed by atoms with van der Waals surface area (Å²) in [6, 6.07) is 1.76. The molecular formula is C7H5Cl2FO3S. The van der Waals surface area contributed by atoms with Crippen LogP contribution in [-0.4, -0.2) is 13.5 Å². The van der Waals surface area contributed by atoms with E-state index in [-0.39, 0.29) is 10.6 Å². The summed E-state index contributed by atoms with van der Waals surface area (Å²) in [7, 11) is 1.09. The summed E-state index contributed by atoms with van der Waals surface area (Å²) in [5.41, 5.74) is -0.178. The molecule has 7 heteroatoms. The van der Waals surface area contributed by atoms with Gasteiger partial charge in [-0.3, -0.25) is 0 Å². The molecule has 0 radical (unpaired) electrons. The van der Waals surface area contributed by atoms with Crippen LogP contribution in [0, 0.1) is 5.82 Å². The molecule has 1 aromatic carbocycles.